The Bertz CT molecular complexity index is 1540. The number of carbonyl (C=O) groups is 2. The van der Waals surface area contributed by atoms with Crippen LogP contribution in [-0.2, 0) is 19.7 Å². The molecule has 0 aliphatic rings. The number of benzene rings is 3. The number of nitrogens with zero attached hydrogens (tertiary/aromatic N) is 1. The van der Waals surface area contributed by atoms with Crippen molar-refractivity contribution >= 4 is 87.2 Å². The molecule has 0 saturated carbocycles. The molecule has 3 aromatic carbocycles. The summed E-state index contributed by atoms with van der Waals surface area (Å²) in [6.45, 7) is 3.25. The Labute approximate surface area is 239 Å². The van der Waals surface area contributed by atoms with E-state index in [9.17, 15) is 23.3 Å². The zero-order valence-electron chi connectivity index (χ0n) is 19.3. The van der Waals surface area contributed by atoms with Gasteiger partial charge in [-0.3, -0.25) is 9.59 Å². The second-order valence-corrected chi connectivity index (χ2v) is 11.8. The van der Waals surface area contributed by atoms with Crippen molar-refractivity contribution in [3.63, 3.8) is 0 Å². The topological polar surface area (TPSA) is 125 Å². The van der Waals surface area contributed by atoms with Crippen LogP contribution in [0.25, 0.3) is 6.08 Å². The molecule has 12 heteroatoms. The van der Waals surface area contributed by atoms with E-state index in [1.807, 2.05) is 25.1 Å². The maximum atomic E-state index is 12.7. The Balaban J connectivity index is 1.79. The van der Waals surface area contributed by atoms with Crippen molar-refractivity contribution in [2.45, 2.75) is 18.7 Å². The van der Waals surface area contributed by atoms with Crippen molar-refractivity contribution < 1.29 is 22.2 Å². The fraction of sp³-hybridized carbons (Fsp3) is 0.0800. The molecule has 8 nitrogen and oxygen atoms in total. The van der Waals surface area contributed by atoms with Crippen molar-refractivity contribution in [2.75, 3.05) is 10.6 Å². The van der Waals surface area contributed by atoms with Crippen molar-refractivity contribution in [2.24, 2.45) is 0 Å². The summed E-state index contributed by atoms with van der Waals surface area (Å²) in [6, 6.07) is 15.5. The molecular formula is C25H18Br3N3O5S. The molecule has 2 N–H and O–H groups in total. The first-order valence-electron chi connectivity index (χ1n) is 10.4. The number of aryl methyl sites for hydroxylation is 1. The predicted octanol–water partition coefficient (Wildman–Crippen LogP) is 6.55. The highest BCUT2D eigenvalue weighted by Crippen LogP contribution is 2.33. The lowest BCUT2D eigenvalue weighted by Gasteiger charge is -2.11. The van der Waals surface area contributed by atoms with Gasteiger partial charge in [0.2, 0.25) is 5.91 Å². The summed E-state index contributed by atoms with van der Waals surface area (Å²) >= 11 is 10.1. The van der Waals surface area contributed by atoms with Gasteiger partial charge >= 0.3 is 10.1 Å². The molecule has 0 atom stereocenters. The first kappa shape index (κ1) is 28.6. The molecule has 0 aliphatic heterocycles. The normalized spacial score (nSPS) is 11.4. The van der Waals surface area contributed by atoms with Gasteiger partial charge in [0, 0.05) is 21.6 Å². The number of nitrogens with one attached hydrogen (secondary N) is 2. The van der Waals surface area contributed by atoms with Gasteiger partial charge in [-0.15, -0.1) is 0 Å². The fourth-order valence-electron chi connectivity index (χ4n) is 3.06. The maximum absolute atomic E-state index is 12.7. The molecule has 0 fully saturated rings. The number of halogens is 3. The average Bonchev–Trinajstić information content (AvgIpc) is 2.81. The third-order valence-corrected chi connectivity index (χ3v) is 7.84. The highest BCUT2D eigenvalue weighted by atomic mass is 79.9. The first-order valence-corrected chi connectivity index (χ1v) is 14.2. The van der Waals surface area contributed by atoms with E-state index in [0.717, 1.165) is 5.56 Å². The Kier molecular flexibility index (Phi) is 9.31. The SMILES string of the molecule is CC(=O)Nc1ccc(S(=O)(=O)Oc2ccc(/C=C(\C#N)C(=O)Nc3c(Br)cc(C)cc3Br)cc2Br)cc1. The molecule has 0 bridgehead atoms. The molecule has 37 heavy (non-hydrogen) atoms. The van der Waals surface area contributed by atoms with E-state index in [4.69, 9.17) is 4.18 Å². The molecule has 0 unspecified atom stereocenters. The summed E-state index contributed by atoms with van der Waals surface area (Å²) in [5.41, 5.74) is 2.21. The molecule has 0 heterocycles. The van der Waals surface area contributed by atoms with Crippen LogP contribution in [0.5, 0.6) is 5.75 Å². The summed E-state index contributed by atoms with van der Waals surface area (Å²) in [4.78, 5) is 23.8. The third kappa shape index (κ3) is 7.52. The Morgan fingerprint density at radius 2 is 1.57 bits per heavy atom. The summed E-state index contributed by atoms with van der Waals surface area (Å²) in [5, 5.41) is 14.8. The highest BCUT2D eigenvalue weighted by molar-refractivity contribution is 9.11. The number of carbonyl (C=O) groups excluding carboxylic acids is 2. The Morgan fingerprint density at radius 1 is 0.946 bits per heavy atom. The van der Waals surface area contributed by atoms with E-state index < -0.39 is 16.0 Å². The zero-order valence-corrected chi connectivity index (χ0v) is 24.9. The van der Waals surface area contributed by atoms with Gasteiger partial charge < -0.3 is 14.8 Å². The second-order valence-electron chi connectivity index (χ2n) is 7.66. The van der Waals surface area contributed by atoms with Crippen LogP contribution in [0.3, 0.4) is 0 Å². The van der Waals surface area contributed by atoms with Crippen LogP contribution in [0.15, 0.2) is 78.5 Å². The fourth-order valence-corrected chi connectivity index (χ4v) is 6.21. The van der Waals surface area contributed by atoms with Crippen molar-refractivity contribution in [3.8, 4) is 11.8 Å². The molecule has 190 valence electrons. The van der Waals surface area contributed by atoms with E-state index >= 15 is 0 Å². The smallest absolute Gasteiger partial charge is 0.339 e. The standard InChI is InChI=1S/C25H18Br3N3O5S/c1-14-9-21(27)24(22(28)10-14)31-25(33)17(13-29)11-16-3-8-23(20(26)12-16)36-37(34,35)19-6-4-18(5-7-19)30-15(2)32/h3-12H,1-2H3,(H,30,32)(H,31,33)/b17-11+. The number of anilines is 2. The molecule has 3 aromatic rings. The monoisotopic (exact) mass is 709 g/mol. The largest absolute Gasteiger partial charge is 0.378 e. The molecular weight excluding hydrogens is 694 g/mol. The van der Waals surface area contributed by atoms with Gasteiger partial charge in [0.1, 0.15) is 16.5 Å². The number of hydrogen-bond acceptors (Lipinski definition) is 6. The van der Waals surface area contributed by atoms with Gasteiger partial charge in [0.05, 0.1) is 10.2 Å². The van der Waals surface area contributed by atoms with Crippen LogP contribution in [0, 0.1) is 18.3 Å². The summed E-state index contributed by atoms with van der Waals surface area (Å²) in [6.07, 6.45) is 1.37. The average molecular weight is 712 g/mol. The minimum absolute atomic E-state index is 0.0126. The van der Waals surface area contributed by atoms with Crippen molar-refractivity contribution in [1.82, 2.24) is 0 Å². The molecule has 2 amide bonds. The molecule has 3 rings (SSSR count). The van der Waals surface area contributed by atoms with Crippen molar-refractivity contribution in [3.05, 3.63) is 84.7 Å². The van der Waals surface area contributed by atoms with Gasteiger partial charge in [-0.2, -0.15) is 13.7 Å². The van der Waals surface area contributed by atoms with E-state index in [2.05, 4.69) is 58.4 Å². The minimum Gasteiger partial charge on any atom is -0.378 e. The molecule has 0 aliphatic carbocycles. The van der Waals surface area contributed by atoms with Crippen molar-refractivity contribution in [1.29, 1.82) is 5.26 Å². The van der Waals surface area contributed by atoms with Crippen LogP contribution in [0.1, 0.15) is 18.1 Å². The first-order chi connectivity index (χ1) is 17.4. The number of nitriles is 1. The predicted molar refractivity (Wildman–Crippen MR) is 152 cm³/mol. The summed E-state index contributed by atoms with van der Waals surface area (Å²) in [5.74, 6) is -0.883. The Morgan fingerprint density at radius 3 is 2.11 bits per heavy atom. The molecule has 0 radical (unpaired) electrons. The van der Waals surface area contributed by atoms with E-state index in [1.54, 1.807) is 0 Å². The van der Waals surface area contributed by atoms with E-state index in [1.165, 1.54) is 55.5 Å². The molecule has 0 saturated heterocycles. The van der Waals surface area contributed by atoms with Crippen LogP contribution >= 0.6 is 47.8 Å². The molecule has 0 aromatic heterocycles. The van der Waals surface area contributed by atoms with E-state index in [0.29, 0.717) is 30.4 Å². The number of rotatable bonds is 7. The number of amides is 2. The lowest BCUT2D eigenvalue weighted by molar-refractivity contribution is -0.114. The van der Waals surface area contributed by atoms with Crippen LogP contribution in [0.4, 0.5) is 11.4 Å². The van der Waals surface area contributed by atoms with Gasteiger partial charge in [-0.05, 0) is 120 Å². The maximum Gasteiger partial charge on any atom is 0.339 e. The van der Waals surface area contributed by atoms with Crippen LogP contribution in [0.2, 0.25) is 0 Å². The zero-order chi connectivity index (χ0) is 27.3. The lowest BCUT2D eigenvalue weighted by atomic mass is 10.1. The lowest BCUT2D eigenvalue weighted by Crippen LogP contribution is -2.14. The minimum atomic E-state index is -4.16. The van der Waals surface area contributed by atoms with E-state index in [-0.39, 0.29) is 22.1 Å². The van der Waals surface area contributed by atoms with Crippen LogP contribution < -0.4 is 14.8 Å². The number of hydrogen-bond donors (Lipinski definition) is 2. The molecule has 0 spiro atoms. The van der Waals surface area contributed by atoms with Gasteiger partial charge in [0.15, 0.2) is 5.75 Å². The van der Waals surface area contributed by atoms with Gasteiger partial charge in [-0.25, -0.2) is 0 Å². The van der Waals surface area contributed by atoms with Gasteiger partial charge in [0.25, 0.3) is 5.91 Å². The summed E-state index contributed by atoms with van der Waals surface area (Å²) in [7, 11) is -4.16. The van der Waals surface area contributed by atoms with Crippen LogP contribution in [-0.4, -0.2) is 20.2 Å². The Hall–Kier alpha value is -2.98. The summed E-state index contributed by atoms with van der Waals surface area (Å²) < 4.78 is 32.2. The highest BCUT2D eigenvalue weighted by Gasteiger charge is 2.19. The second kappa shape index (κ2) is 12.0. The quantitative estimate of drug-likeness (QED) is 0.163. The van der Waals surface area contributed by atoms with Gasteiger partial charge in [-0.1, -0.05) is 6.07 Å². The third-order valence-electron chi connectivity index (χ3n) is 4.72.